The van der Waals surface area contributed by atoms with Crippen molar-refractivity contribution < 1.29 is 4.79 Å². The fourth-order valence-corrected chi connectivity index (χ4v) is 4.20. The van der Waals surface area contributed by atoms with Crippen molar-refractivity contribution >= 4 is 50.2 Å². The minimum Gasteiger partial charge on any atom is -0.324 e. The second kappa shape index (κ2) is 6.79. The van der Waals surface area contributed by atoms with Gasteiger partial charge in [-0.05, 0) is 58.3 Å². The van der Waals surface area contributed by atoms with Gasteiger partial charge >= 0.3 is 0 Å². The zero-order valence-electron chi connectivity index (χ0n) is 11.6. The monoisotopic (exact) mass is 364 g/mol. The lowest BCUT2D eigenvalue weighted by atomic mass is 9.98. The highest BCUT2D eigenvalue weighted by Crippen LogP contribution is 2.27. The standard InChI is InChI=1S/C16H17BrN2OS/c17-13-9-12-2-1-3-14(16(12)18-10-13)19-15(20)8-11-4-6-21-7-5-11/h1-3,9-11H,4-8H2,(H,19,20). The average molecular weight is 365 g/mol. The maximum atomic E-state index is 12.2. The van der Waals surface area contributed by atoms with Crippen molar-refractivity contribution in [3.05, 3.63) is 34.9 Å². The first-order valence-corrected chi connectivity index (χ1v) is 9.09. The van der Waals surface area contributed by atoms with Gasteiger partial charge in [0.1, 0.15) is 0 Å². The number of para-hydroxylation sites is 1. The van der Waals surface area contributed by atoms with Gasteiger partial charge in [0, 0.05) is 22.5 Å². The van der Waals surface area contributed by atoms with Gasteiger partial charge in [-0.3, -0.25) is 9.78 Å². The molecule has 1 aliphatic heterocycles. The summed E-state index contributed by atoms with van der Waals surface area (Å²) in [5, 5.41) is 4.05. The molecule has 0 spiro atoms. The van der Waals surface area contributed by atoms with E-state index in [1.54, 1.807) is 6.20 Å². The van der Waals surface area contributed by atoms with Gasteiger partial charge in [-0.2, -0.15) is 11.8 Å². The normalized spacial score (nSPS) is 16.0. The van der Waals surface area contributed by atoms with Crippen LogP contribution >= 0.6 is 27.7 Å². The number of carbonyl (C=O) groups is 1. The lowest BCUT2D eigenvalue weighted by Gasteiger charge is -2.20. The Morgan fingerprint density at radius 1 is 1.38 bits per heavy atom. The van der Waals surface area contributed by atoms with Crippen LogP contribution in [0.5, 0.6) is 0 Å². The molecular formula is C16H17BrN2OS. The number of thioether (sulfide) groups is 1. The van der Waals surface area contributed by atoms with E-state index in [1.807, 2.05) is 36.0 Å². The number of rotatable bonds is 3. The molecule has 0 saturated carbocycles. The van der Waals surface area contributed by atoms with E-state index in [-0.39, 0.29) is 5.91 Å². The largest absolute Gasteiger partial charge is 0.324 e. The van der Waals surface area contributed by atoms with E-state index >= 15 is 0 Å². The number of hydrogen-bond donors (Lipinski definition) is 1. The highest BCUT2D eigenvalue weighted by Gasteiger charge is 2.17. The Morgan fingerprint density at radius 3 is 3.00 bits per heavy atom. The molecule has 3 rings (SSSR count). The maximum Gasteiger partial charge on any atom is 0.224 e. The second-order valence-corrected chi connectivity index (χ2v) is 7.48. The first-order chi connectivity index (χ1) is 10.2. The van der Waals surface area contributed by atoms with E-state index in [9.17, 15) is 4.79 Å². The zero-order chi connectivity index (χ0) is 14.7. The van der Waals surface area contributed by atoms with Gasteiger partial charge in [0.2, 0.25) is 5.91 Å². The number of halogens is 1. The molecular weight excluding hydrogens is 348 g/mol. The molecule has 1 amide bonds. The number of pyridine rings is 1. The predicted molar refractivity (Wildman–Crippen MR) is 92.7 cm³/mol. The van der Waals surface area contributed by atoms with Crippen LogP contribution < -0.4 is 5.32 Å². The topological polar surface area (TPSA) is 42.0 Å². The summed E-state index contributed by atoms with van der Waals surface area (Å²) in [7, 11) is 0. The summed E-state index contributed by atoms with van der Waals surface area (Å²) >= 11 is 5.41. The van der Waals surface area contributed by atoms with Crippen molar-refractivity contribution in [1.29, 1.82) is 0 Å². The van der Waals surface area contributed by atoms with Crippen molar-refractivity contribution in [1.82, 2.24) is 4.98 Å². The Kier molecular flexibility index (Phi) is 4.80. The number of benzene rings is 1. The minimum absolute atomic E-state index is 0.101. The third kappa shape index (κ3) is 3.77. The smallest absolute Gasteiger partial charge is 0.224 e. The Bertz CT molecular complexity index is 656. The molecule has 110 valence electrons. The van der Waals surface area contributed by atoms with Gasteiger partial charge in [0.15, 0.2) is 0 Å². The molecule has 2 aromatic rings. The summed E-state index contributed by atoms with van der Waals surface area (Å²) in [6, 6.07) is 7.87. The molecule has 1 aromatic carbocycles. The van der Waals surface area contributed by atoms with E-state index in [0.717, 1.165) is 33.9 Å². The Labute approximate surface area is 137 Å². The van der Waals surface area contributed by atoms with Gasteiger partial charge in [-0.1, -0.05) is 12.1 Å². The van der Waals surface area contributed by atoms with E-state index < -0.39 is 0 Å². The summed E-state index contributed by atoms with van der Waals surface area (Å²) in [5.41, 5.74) is 1.64. The van der Waals surface area contributed by atoms with Crippen LogP contribution in [-0.2, 0) is 4.79 Å². The summed E-state index contributed by atoms with van der Waals surface area (Å²) in [6.45, 7) is 0. The molecule has 0 atom stereocenters. The number of nitrogens with zero attached hydrogens (tertiary/aromatic N) is 1. The highest BCUT2D eigenvalue weighted by molar-refractivity contribution is 9.10. The molecule has 1 fully saturated rings. The summed E-state index contributed by atoms with van der Waals surface area (Å²) in [5.74, 6) is 3.00. The fourth-order valence-electron chi connectivity index (χ4n) is 2.65. The molecule has 2 heterocycles. The van der Waals surface area contributed by atoms with E-state index in [4.69, 9.17) is 0 Å². The number of hydrogen-bond acceptors (Lipinski definition) is 3. The SMILES string of the molecule is O=C(CC1CCSCC1)Nc1cccc2cc(Br)cnc12. The fraction of sp³-hybridized carbons (Fsp3) is 0.375. The van der Waals surface area contributed by atoms with Gasteiger partial charge in [0.25, 0.3) is 0 Å². The lowest BCUT2D eigenvalue weighted by Crippen LogP contribution is -2.19. The van der Waals surface area contributed by atoms with E-state index in [0.29, 0.717) is 12.3 Å². The molecule has 0 unspecified atom stereocenters. The van der Waals surface area contributed by atoms with Crippen molar-refractivity contribution in [2.24, 2.45) is 5.92 Å². The maximum absolute atomic E-state index is 12.2. The molecule has 1 saturated heterocycles. The number of nitrogens with one attached hydrogen (secondary N) is 1. The van der Waals surface area contributed by atoms with Crippen LogP contribution in [0.15, 0.2) is 34.9 Å². The van der Waals surface area contributed by atoms with Crippen molar-refractivity contribution in [2.45, 2.75) is 19.3 Å². The number of carbonyl (C=O) groups excluding carboxylic acids is 1. The van der Waals surface area contributed by atoms with E-state index in [2.05, 4.69) is 26.2 Å². The van der Waals surface area contributed by atoms with Crippen molar-refractivity contribution in [3.63, 3.8) is 0 Å². The molecule has 0 aliphatic carbocycles. The molecule has 1 N–H and O–H groups in total. The molecule has 21 heavy (non-hydrogen) atoms. The van der Waals surface area contributed by atoms with Crippen LogP contribution in [0.1, 0.15) is 19.3 Å². The van der Waals surface area contributed by atoms with Gasteiger partial charge in [-0.25, -0.2) is 0 Å². The van der Waals surface area contributed by atoms with Crippen LogP contribution in [0.2, 0.25) is 0 Å². The van der Waals surface area contributed by atoms with Gasteiger partial charge < -0.3 is 5.32 Å². The molecule has 3 nitrogen and oxygen atoms in total. The Hall–Kier alpha value is -1.07. The summed E-state index contributed by atoms with van der Waals surface area (Å²) in [6.07, 6.45) is 4.68. The van der Waals surface area contributed by atoms with Crippen LogP contribution in [-0.4, -0.2) is 22.4 Å². The van der Waals surface area contributed by atoms with Crippen molar-refractivity contribution in [3.8, 4) is 0 Å². The van der Waals surface area contributed by atoms with Gasteiger partial charge in [-0.15, -0.1) is 0 Å². The van der Waals surface area contributed by atoms with Crippen LogP contribution in [0.4, 0.5) is 5.69 Å². The third-order valence-electron chi connectivity index (χ3n) is 3.77. The highest BCUT2D eigenvalue weighted by atomic mass is 79.9. The lowest BCUT2D eigenvalue weighted by molar-refractivity contribution is -0.117. The van der Waals surface area contributed by atoms with E-state index in [1.165, 1.54) is 11.5 Å². The molecule has 5 heteroatoms. The zero-order valence-corrected chi connectivity index (χ0v) is 14.0. The summed E-state index contributed by atoms with van der Waals surface area (Å²) < 4.78 is 0.943. The average Bonchev–Trinajstić information content (AvgIpc) is 2.48. The van der Waals surface area contributed by atoms with Crippen LogP contribution in [0.3, 0.4) is 0 Å². The molecule has 1 aromatic heterocycles. The number of anilines is 1. The number of aromatic nitrogens is 1. The quantitative estimate of drug-likeness (QED) is 0.873. The first-order valence-electron chi connectivity index (χ1n) is 7.14. The first kappa shape index (κ1) is 14.9. The Morgan fingerprint density at radius 2 is 2.19 bits per heavy atom. The predicted octanol–water partition coefficient (Wildman–Crippen LogP) is 4.47. The molecule has 0 bridgehead atoms. The number of amides is 1. The van der Waals surface area contributed by atoms with Crippen LogP contribution in [0, 0.1) is 5.92 Å². The summed E-state index contributed by atoms with van der Waals surface area (Å²) in [4.78, 5) is 16.7. The third-order valence-corrected chi connectivity index (χ3v) is 5.25. The van der Waals surface area contributed by atoms with Crippen LogP contribution in [0.25, 0.3) is 10.9 Å². The molecule has 0 radical (unpaired) electrons. The second-order valence-electron chi connectivity index (χ2n) is 5.34. The molecule has 1 aliphatic rings. The Balaban J connectivity index is 1.73. The minimum atomic E-state index is 0.101. The van der Waals surface area contributed by atoms with Gasteiger partial charge in [0.05, 0.1) is 11.2 Å². The van der Waals surface area contributed by atoms with Crippen molar-refractivity contribution in [2.75, 3.05) is 16.8 Å². The number of fused-ring (bicyclic) bond motifs is 1.